The highest BCUT2D eigenvalue weighted by atomic mass is 79.9. The molecule has 19 heavy (non-hydrogen) atoms. The summed E-state index contributed by atoms with van der Waals surface area (Å²) < 4.78 is 8.15. The van der Waals surface area contributed by atoms with Crippen LogP contribution in [-0.2, 0) is 11.3 Å². The highest BCUT2D eigenvalue weighted by Gasteiger charge is 2.13. The molecule has 2 aromatic rings. The summed E-state index contributed by atoms with van der Waals surface area (Å²) in [6.45, 7) is 0.602. The van der Waals surface area contributed by atoms with Gasteiger partial charge in [-0.3, -0.25) is 0 Å². The smallest absolute Gasteiger partial charge is 0.0937 e. The van der Waals surface area contributed by atoms with E-state index in [0.29, 0.717) is 6.61 Å². The Balaban J connectivity index is 2.04. The van der Waals surface area contributed by atoms with Crippen molar-refractivity contribution in [3.63, 3.8) is 0 Å². The second-order valence-corrected chi connectivity index (χ2v) is 6.52. The number of hydrogen-bond donors (Lipinski definition) is 0. The highest BCUT2D eigenvalue weighted by molar-refractivity contribution is 9.11. The van der Waals surface area contributed by atoms with E-state index in [1.54, 1.807) is 0 Å². The van der Waals surface area contributed by atoms with Gasteiger partial charge >= 0.3 is 0 Å². The van der Waals surface area contributed by atoms with Crippen LogP contribution >= 0.6 is 47.8 Å². The highest BCUT2D eigenvalue weighted by Crippen LogP contribution is 2.28. The Hall–Kier alpha value is -0.160. The average molecular weight is 449 g/mol. The fourth-order valence-electron chi connectivity index (χ4n) is 1.73. The first-order valence-corrected chi connectivity index (χ1v) is 8.58. The Morgan fingerprint density at radius 3 is 2.26 bits per heavy atom. The van der Waals surface area contributed by atoms with E-state index in [0.717, 1.165) is 19.8 Å². The summed E-state index contributed by atoms with van der Waals surface area (Å²) >= 11 is 10.5. The molecule has 4 heteroatoms. The van der Waals surface area contributed by atoms with Gasteiger partial charge in [-0.05, 0) is 29.3 Å². The van der Waals surface area contributed by atoms with Gasteiger partial charge in [0, 0.05) is 14.3 Å². The standard InChI is InChI=1S/C15H13Br3O/c16-9-15(13-3-1-2-4-14(13)18)19-10-11-5-7-12(17)8-6-11/h1-8,15H,9-10H2. The third-order valence-corrected chi connectivity index (χ3v) is 4.60. The maximum Gasteiger partial charge on any atom is 0.0937 e. The van der Waals surface area contributed by atoms with E-state index in [1.807, 2.05) is 30.3 Å². The van der Waals surface area contributed by atoms with Crippen LogP contribution in [0.2, 0.25) is 0 Å². The third-order valence-electron chi connectivity index (χ3n) is 2.76. The molecule has 0 N–H and O–H groups in total. The Labute approximate surface area is 138 Å². The van der Waals surface area contributed by atoms with Crippen LogP contribution in [0.5, 0.6) is 0 Å². The van der Waals surface area contributed by atoms with Gasteiger partial charge in [0.15, 0.2) is 0 Å². The van der Waals surface area contributed by atoms with Gasteiger partial charge in [-0.1, -0.05) is 78.1 Å². The van der Waals surface area contributed by atoms with Crippen molar-refractivity contribution in [2.45, 2.75) is 12.7 Å². The van der Waals surface area contributed by atoms with Crippen molar-refractivity contribution >= 4 is 47.8 Å². The van der Waals surface area contributed by atoms with Gasteiger partial charge < -0.3 is 4.74 Å². The molecule has 0 aliphatic rings. The zero-order valence-electron chi connectivity index (χ0n) is 10.2. The van der Waals surface area contributed by atoms with Crippen LogP contribution in [0, 0.1) is 0 Å². The first-order valence-electron chi connectivity index (χ1n) is 5.87. The summed E-state index contributed by atoms with van der Waals surface area (Å²) in [7, 11) is 0. The van der Waals surface area contributed by atoms with Crippen molar-refractivity contribution in [3.8, 4) is 0 Å². The second-order valence-electron chi connectivity index (χ2n) is 4.10. The predicted molar refractivity (Wildman–Crippen MR) is 89.6 cm³/mol. The quantitative estimate of drug-likeness (QED) is 0.520. The molecular formula is C15H13Br3O. The van der Waals surface area contributed by atoms with Crippen LogP contribution in [0.3, 0.4) is 0 Å². The zero-order chi connectivity index (χ0) is 13.7. The molecule has 0 saturated carbocycles. The summed E-state index contributed by atoms with van der Waals surface area (Å²) in [6, 6.07) is 16.3. The first-order chi connectivity index (χ1) is 9.20. The number of alkyl halides is 1. The molecular weight excluding hydrogens is 436 g/mol. The molecule has 0 aliphatic carbocycles. The van der Waals surface area contributed by atoms with Crippen molar-refractivity contribution in [2.24, 2.45) is 0 Å². The number of benzene rings is 2. The Bertz CT molecular complexity index is 525. The molecule has 0 aromatic heterocycles. The minimum atomic E-state index is 0.0409. The van der Waals surface area contributed by atoms with Gasteiger partial charge in [0.25, 0.3) is 0 Å². The molecule has 0 heterocycles. The minimum Gasteiger partial charge on any atom is -0.368 e. The first kappa shape index (κ1) is 15.2. The Kier molecular flexibility index (Phi) is 6.07. The average Bonchev–Trinajstić information content (AvgIpc) is 2.43. The lowest BCUT2D eigenvalue weighted by Gasteiger charge is -2.17. The van der Waals surface area contributed by atoms with E-state index < -0.39 is 0 Å². The molecule has 1 unspecified atom stereocenters. The van der Waals surface area contributed by atoms with Gasteiger partial charge in [-0.2, -0.15) is 0 Å². The van der Waals surface area contributed by atoms with Crippen LogP contribution in [0.4, 0.5) is 0 Å². The van der Waals surface area contributed by atoms with Crippen molar-refractivity contribution in [2.75, 3.05) is 5.33 Å². The number of ether oxygens (including phenoxy) is 1. The molecule has 0 radical (unpaired) electrons. The van der Waals surface area contributed by atoms with Gasteiger partial charge in [-0.25, -0.2) is 0 Å². The molecule has 2 aromatic carbocycles. The molecule has 2 rings (SSSR count). The molecule has 100 valence electrons. The summed E-state index contributed by atoms with van der Waals surface area (Å²) in [5.41, 5.74) is 2.33. The SMILES string of the molecule is BrCC(OCc1ccc(Br)cc1)c1ccccc1Br. The van der Waals surface area contributed by atoms with Crippen LogP contribution in [0.15, 0.2) is 57.5 Å². The molecule has 0 aliphatic heterocycles. The van der Waals surface area contributed by atoms with Crippen molar-refractivity contribution in [1.82, 2.24) is 0 Å². The van der Waals surface area contributed by atoms with E-state index in [-0.39, 0.29) is 6.10 Å². The second kappa shape index (κ2) is 7.58. The summed E-state index contributed by atoms with van der Waals surface area (Å²) in [6.07, 6.45) is 0.0409. The van der Waals surface area contributed by atoms with E-state index in [1.165, 1.54) is 5.56 Å². The lowest BCUT2D eigenvalue weighted by molar-refractivity contribution is 0.0561. The normalized spacial score (nSPS) is 12.4. The van der Waals surface area contributed by atoms with Gasteiger partial charge in [0.2, 0.25) is 0 Å². The molecule has 0 amide bonds. The Morgan fingerprint density at radius 2 is 1.63 bits per heavy atom. The van der Waals surface area contributed by atoms with Crippen LogP contribution in [0.1, 0.15) is 17.2 Å². The predicted octanol–water partition coefficient (Wildman–Crippen LogP) is 5.86. The molecule has 0 bridgehead atoms. The van der Waals surface area contributed by atoms with Crippen molar-refractivity contribution in [3.05, 3.63) is 68.6 Å². The van der Waals surface area contributed by atoms with Crippen LogP contribution in [-0.4, -0.2) is 5.33 Å². The zero-order valence-corrected chi connectivity index (χ0v) is 14.9. The van der Waals surface area contributed by atoms with Gasteiger partial charge in [-0.15, -0.1) is 0 Å². The lowest BCUT2D eigenvalue weighted by atomic mass is 10.1. The minimum absolute atomic E-state index is 0.0409. The maximum absolute atomic E-state index is 5.99. The molecule has 0 fully saturated rings. The van der Waals surface area contributed by atoms with Crippen molar-refractivity contribution in [1.29, 1.82) is 0 Å². The summed E-state index contributed by atoms with van der Waals surface area (Å²) in [5, 5.41) is 0.770. The molecule has 0 spiro atoms. The molecule has 1 atom stereocenters. The largest absolute Gasteiger partial charge is 0.368 e. The third kappa shape index (κ3) is 4.42. The number of hydrogen-bond acceptors (Lipinski definition) is 1. The fourth-order valence-corrected chi connectivity index (χ4v) is 3.07. The van der Waals surface area contributed by atoms with E-state index in [2.05, 4.69) is 66.0 Å². The summed E-state index contributed by atoms with van der Waals surface area (Å²) in [4.78, 5) is 0. The van der Waals surface area contributed by atoms with E-state index >= 15 is 0 Å². The van der Waals surface area contributed by atoms with E-state index in [4.69, 9.17) is 4.74 Å². The number of rotatable bonds is 5. The lowest BCUT2D eigenvalue weighted by Crippen LogP contribution is -2.06. The monoisotopic (exact) mass is 446 g/mol. The van der Waals surface area contributed by atoms with Crippen LogP contribution in [0.25, 0.3) is 0 Å². The number of halogens is 3. The van der Waals surface area contributed by atoms with Crippen molar-refractivity contribution < 1.29 is 4.74 Å². The molecule has 1 nitrogen and oxygen atoms in total. The van der Waals surface area contributed by atoms with E-state index in [9.17, 15) is 0 Å². The molecule has 0 saturated heterocycles. The summed E-state index contributed by atoms with van der Waals surface area (Å²) in [5.74, 6) is 0. The topological polar surface area (TPSA) is 9.23 Å². The van der Waals surface area contributed by atoms with Crippen LogP contribution < -0.4 is 0 Å². The fraction of sp³-hybridized carbons (Fsp3) is 0.200. The van der Waals surface area contributed by atoms with Gasteiger partial charge in [0.05, 0.1) is 12.7 Å². The maximum atomic E-state index is 5.99. The Morgan fingerprint density at radius 1 is 0.947 bits per heavy atom. The van der Waals surface area contributed by atoms with Gasteiger partial charge in [0.1, 0.15) is 0 Å².